The fourth-order valence-corrected chi connectivity index (χ4v) is 0. The molecule has 20 heteroatoms. The smallest absolute Gasteiger partial charge is 0.894 e. The molecule has 0 saturated carbocycles. The summed E-state index contributed by atoms with van der Waals surface area (Å²) in [5, 5.41) is 0. The molecule has 0 unspecified atom stereocenters. The van der Waals surface area contributed by atoms with Crippen molar-refractivity contribution in [3.8, 4) is 0 Å². The van der Waals surface area contributed by atoms with Crippen molar-refractivity contribution in [2.75, 3.05) is 0 Å². The summed E-state index contributed by atoms with van der Waals surface area (Å²) in [6.07, 6.45) is 0. The maximum Gasteiger partial charge on any atom is 3.00 e. The van der Waals surface area contributed by atoms with Gasteiger partial charge in [-0.25, -0.2) is 0 Å². The molecule has 0 amide bonds. The Labute approximate surface area is 124 Å². The van der Waals surface area contributed by atoms with Crippen LogP contribution in [0.3, 0.4) is 0 Å². The van der Waals surface area contributed by atoms with Gasteiger partial charge in [0.15, 0.2) is 0 Å². The van der Waals surface area contributed by atoms with Gasteiger partial charge in [-0.15, -0.1) is 0 Å². The third kappa shape index (κ3) is 36500. The van der Waals surface area contributed by atoms with Crippen LogP contribution < -0.4 is 57.5 Å². The van der Waals surface area contributed by atoms with E-state index in [1.165, 1.54) is 0 Å². The Morgan fingerprint density at radius 3 is 0.300 bits per heavy atom. The van der Waals surface area contributed by atoms with Crippen molar-refractivity contribution in [1.29, 1.82) is 0 Å². The van der Waals surface area contributed by atoms with E-state index >= 15 is 0 Å². The van der Waals surface area contributed by atoms with Gasteiger partial charge < -0.3 is 90.2 Å². The van der Waals surface area contributed by atoms with Crippen molar-refractivity contribution in [3.05, 3.63) is 0 Å². The predicted molar refractivity (Wildman–Crippen MR) is 43.9 cm³/mol. The van der Waals surface area contributed by atoms with Gasteiger partial charge in [-0.1, -0.05) is 0 Å². The molecule has 0 aliphatic heterocycles. The first-order chi connectivity index (χ1) is 6.00. The van der Waals surface area contributed by atoms with Crippen LogP contribution >= 0.6 is 0 Å². The first kappa shape index (κ1) is 49.9. The monoisotopic (exact) mass is 338 g/mol. The van der Waals surface area contributed by atoms with Crippen LogP contribution in [0.15, 0.2) is 0 Å². The summed E-state index contributed by atoms with van der Waals surface area (Å²) < 4.78 is 0. The zero-order valence-corrected chi connectivity index (χ0v) is 12.2. The summed E-state index contributed by atoms with van der Waals surface area (Å²) in [7, 11) is -16.8. The molecule has 0 aliphatic rings. The zero-order valence-electron chi connectivity index (χ0n) is 9.21. The fourth-order valence-electron chi connectivity index (χ4n) is 0. The minimum Gasteiger partial charge on any atom is -0.894 e. The van der Waals surface area contributed by atoms with E-state index < -0.39 is 27.1 Å². The first-order valence-electron chi connectivity index (χ1n) is 2.45. The van der Waals surface area contributed by atoms with Crippen molar-refractivity contribution >= 4 is 60.8 Å². The molecule has 2 N–H and O–H groups in total. The second-order valence-corrected chi connectivity index (χ2v) is 4.50. The quantitative estimate of drug-likeness (QED) is 0.371. The van der Waals surface area contributed by atoms with Crippen LogP contribution in [-0.4, -0.2) is 66.3 Å². The first-order valence-corrected chi connectivity index (χ1v) is 7.35. The zero-order chi connectivity index (χ0) is 13.5. The van der Waals surface area contributed by atoms with Crippen molar-refractivity contribution in [1.82, 2.24) is 0 Å². The molecule has 0 atom stereocenters. The largest absolute Gasteiger partial charge is 3.00 e. The van der Waals surface area contributed by atoms with Gasteiger partial charge in [0.2, 0.25) is 0 Å². The number of hydrogen-bond acceptors (Lipinski definition) is 12. The summed E-state index contributed by atoms with van der Waals surface area (Å²) in [4.78, 5) is 103. The van der Waals surface area contributed by atoms with Crippen molar-refractivity contribution in [3.63, 3.8) is 0 Å². The van der Waals surface area contributed by atoms with Crippen LogP contribution in [0.5, 0.6) is 0 Å². The van der Waals surface area contributed by atoms with Gasteiger partial charge >= 0.3 is 33.7 Å². The normalized spacial score (nSPS) is 9.00. The van der Waals surface area contributed by atoms with Gasteiger partial charge in [0.25, 0.3) is 0 Å². The van der Waals surface area contributed by atoms with E-state index in [4.69, 9.17) is 57.5 Å². The van der Waals surface area contributed by atoms with E-state index in [0.29, 0.717) is 0 Å². The number of rotatable bonds is 0. The molecular weight excluding hydrogens is 335 g/mol. The topological polar surface area (TPSA) is 308 Å². The van der Waals surface area contributed by atoms with E-state index in [-0.39, 0.29) is 39.1 Å². The second-order valence-electron chi connectivity index (χ2n) is 1.50. The number of hydrogen-bond donors (Lipinski definition) is 0. The van der Waals surface area contributed by atoms with Gasteiger partial charge in [0.05, 0.1) is 0 Å². The molecule has 0 fully saturated rings. The van der Waals surface area contributed by atoms with E-state index in [1.54, 1.807) is 0 Å². The molecule has 0 aromatic heterocycles. The Morgan fingerprint density at radius 2 is 0.300 bits per heavy atom. The van der Waals surface area contributed by atoms with Crippen LogP contribution in [0.1, 0.15) is 0 Å². The van der Waals surface area contributed by atoms with Gasteiger partial charge in [-0.2, -0.15) is 0 Å². The van der Waals surface area contributed by atoms with E-state index in [1.807, 2.05) is 0 Å². The van der Waals surface area contributed by atoms with Gasteiger partial charge in [0.1, 0.15) is 0 Å². The summed E-state index contributed by atoms with van der Waals surface area (Å²) in [5.41, 5.74) is 0. The fraction of sp³-hybridized carbons (Fsp3) is 0. The van der Waals surface area contributed by atoms with Crippen LogP contribution in [0.2, 0.25) is 0 Å². The maximum atomic E-state index is 8.58. The molecule has 0 heterocycles. The maximum absolute atomic E-state index is 8.58. The average Bonchev–Trinajstić information content (AvgIpc) is 1.41. The van der Waals surface area contributed by atoms with Gasteiger partial charge in [-0.05, 0) is 0 Å². The summed E-state index contributed by atoms with van der Waals surface area (Å²) in [6.45, 7) is 0. The molecule has 104 valence electrons. The Hall–Kier alpha value is 0.390. The predicted octanol–water partition coefficient (Wildman–Crippen LogP) is -17.8. The molecule has 0 rings (SSSR count). The molecule has 0 saturated heterocycles. The van der Waals surface area contributed by atoms with Crippen molar-refractivity contribution in [2.45, 2.75) is 0 Å². The van der Waals surface area contributed by atoms with E-state index in [9.17, 15) is 0 Å². The molecule has 13 nitrogen and oxygen atoms in total. The van der Waals surface area contributed by atoms with Crippen LogP contribution in [0, 0.1) is 0 Å². The molecule has 0 spiro atoms. The summed E-state index contributed by atoms with van der Waals surface area (Å²) in [6, 6.07) is 0. The SMILES string of the molecule is O.[B+3].[B+3].[B+3].[B+3].[O-][Si]([O-])([O-])[O-].[O-][Si]([O-])([O-])[O-].[O-][Si]([O-])([O-])[O-]. The van der Waals surface area contributed by atoms with E-state index in [0.717, 1.165) is 0 Å². The van der Waals surface area contributed by atoms with E-state index in [2.05, 4.69) is 0 Å². The Balaban J connectivity index is -0.0000000160. The van der Waals surface area contributed by atoms with Crippen molar-refractivity contribution < 1.29 is 63.0 Å². The third-order valence-corrected chi connectivity index (χ3v) is 0. The van der Waals surface area contributed by atoms with Crippen LogP contribution in [0.25, 0.3) is 0 Å². The van der Waals surface area contributed by atoms with Crippen LogP contribution in [-0.2, 0) is 0 Å². The molecule has 20 heavy (non-hydrogen) atoms. The van der Waals surface area contributed by atoms with Crippen LogP contribution in [0.4, 0.5) is 0 Å². The molecule has 0 bridgehead atoms. The third-order valence-electron chi connectivity index (χ3n) is 0. The standard InChI is InChI=1S/4B.3O4Si.H2O/c;;;;3*1-5(2,3)4;/h;;;;;;;1H2/q4*+3;3*-4;. The Kier molecular flexibility index (Phi) is 48.4. The second kappa shape index (κ2) is 19.4. The Bertz CT molecular complexity index is 101. The van der Waals surface area contributed by atoms with Gasteiger partial charge in [0, 0.05) is 0 Å². The van der Waals surface area contributed by atoms with Crippen molar-refractivity contribution in [2.24, 2.45) is 0 Å². The average molecular weight is 338 g/mol. The minimum atomic E-state index is -5.61. The minimum absolute atomic E-state index is 0. The summed E-state index contributed by atoms with van der Waals surface area (Å²) >= 11 is 0. The molecule has 0 aliphatic carbocycles. The summed E-state index contributed by atoms with van der Waals surface area (Å²) in [5.74, 6) is 0. The molecule has 0 aromatic carbocycles. The molecular formula is H2B4O13Si3. The molecule has 0 aromatic rings. The Morgan fingerprint density at radius 1 is 0.300 bits per heavy atom. The molecule has 0 radical (unpaired) electrons. The van der Waals surface area contributed by atoms with Gasteiger partial charge in [-0.3, -0.25) is 0 Å².